The summed E-state index contributed by atoms with van der Waals surface area (Å²) in [6.07, 6.45) is 1.53. The molecule has 0 aliphatic carbocycles. The van der Waals surface area contributed by atoms with Gasteiger partial charge in [-0.3, -0.25) is 4.79 Å². The standard InChI is InChI=1S/C10H12N4OS/c1-13-10(16)11-7-14(13)12-9(15)8-5-3-2-4-6-8/h2-7,10,16H,1H3,(H,12,15). The zero-order chi connectivity index (χ0) is 11.5. The second-order valence-electron chi connectivity index (χ2n) is 3.34. The van der Waals surface area contributed by atoms with Crippen LogP contribution in [-0.4, -0.2) is 34.9 Å². The first-order valence-corrected chi connectivity index (χ1v) is 5.29. The van der Waals surface area contributed by atoms with Crippen LogP contribution in [0.5, 0.6) is 0 Å². The van der Waals surface area contributed by atoms with E-state index in [9.17, 15) is 4.79 Å². The smallest absolute Gasteiger partial charge is 0.267 e. The average molecular weight is 236 g/mol. The summed E-state index contributed by atoms with van der Waals surface area (Å²) >= 11 is 4.19. The van der Waals surface area contributed by atoms with Gasteiger partial charge in [0.05, 0.1) is 0 Å². The van der Waals surface area contributed by atoms with Crippen LogP contribution in [0.15, 0.2) is 35.3 Å². The highest BCUT2D eigenvalue weighted by atomic mass is 32.1. The molecular formula is C10H12N4OS. The predicted molar refractivity (Wildman–Crippen MR) is 64.8 cm³/mol. The molecule has 1 aromatic carbocycles. The number of carbonyl (C=O) groups excluding carboxylic acids is 1. The van der Waals surface area contributed by atoms with Crippen LogP contribution in [0.2, 0.25) is 0 Å². The fourth-order valence-electron chi connectivity index (χ4n) is 1.28. The second kappa shape index (κ2) is 4.54. The Morgan fingerprint density at radius 3 is 2.69 bits per heavy atom. The van der Waals surface area contributed by atoms with Crippen molar-refractivity contribution in [3.8, 4) is 0 Å². The molecule has 1 aromatic rings. The molecule has 5 nitrogen and oxygen atoms in total. The van der Waals surface area contributed by atoms with Crippen LogP contribution in [-0.2, 0) is 0 Å². The largest absolute Gasteiger partial charge is 0.271 e. The van der Waals surface area contributed by atoms with E-state index >= 15 is 0 Å². The maximum absolute atomic E-state index is 11.8. The van der Waals surface area contributed by atoms with E-state index in [2.05, 4.69) is 23.0 Å². The number of nitrogens with zero attached hydrogens (tertiary/aromatic N) is 3. The average Bonchev–Trinajstić information content (AvgIpc) is 2.62. The SMILES string of the molecule is CN1C(S)N=CN1NC(=O)c1ccccc1. The van der Waals surface area contributed by atoms with Gasteiger partial charge < -0.3 is 0 Å². The monoisotopic (exact) mass is 236 g/mol. The number of rotatable bonds is 2. The van der Waals surface area contributed by atoms with Gasteiger partial charge in [-0.1, -0.05) is 18.2 Å². The number of benzene rings is 1. The Morgan fingerprint density at radius 1 is 1.44 bits per heavy atom. The lowest BCUT2D eigenvalue weighted by Crippen LogP contribution is -2.49. The lowest BCUT2D eigenvalue weighted by molar-refractivity contribution is 0.0364. The lowest BCUT2D eigenvalue weighted by Gasteiger charge is -2.25. The number of hydrogen-bond donors (Lipinski definition) is 2. The van der Waals surface area contributed by atoms with Crippen molar-refractivity contribution in [3.63, 3.8) is 0 Å². The normalized spacial score (nSPS) is 20.1. The van der Waals surface area contributed by atoms with Crippen LogP contribution in [0.25, 0.3) is 0 Å². The zero-order valence-electron chi connectivity index (χ0n) is 8.74. The van der Waals surface area contributed by atoms with E-state index < -0.39 is 0 Å². The molecule has 84 valence electrons. The number of nitrogens with one attached hydrogen (secondary N) is 1. The molecule has 1 N–H and O–H groups in total. The Labute approximate surface area is 99.1 Å². The number of hydrogen-bond acceptors (Lipinski definition) is 5. The van der Waals surface area contributed by atoms with Crippen molar-refractivity contribution in [2.45, 2.75) is 5.50 Å². The summed E-state index contributed by atoms with van der Waals surface area (Å²) in [6.45, 7) is 0. The van der Waals surface area contributed by atoms with Crippen molar-refractivity contribution in [1.29, 1.82) is 0 Å². The molecule has 0 spiro atoms. The minimum atomic E-state index is -0.254. The summed E-state index contributed by atoms with van der Waals surface area (Å²) in [4.78, 5) is 15.8. The summed E-state index contributed by atoms with van der Waals surface area (Å²) < 4.78 is 0. The minimum absolute atomic E-state index is 0.179. The first-order chi connectivity index (χ1) is 7.68. The number of aliphatic imine (C=N–C) groups is 1. The van der Waals surface area contributed by atoms with E-state index in [1.165, 1.54) is 11.5 Å². The molecule has 0 aromatic heterocycles. The maximum atomic E-state index is 11.8. The summed E-state index contributed by atoms with van der Waals surface area (Å²) in [6, 6.07) is 9.00. The Kier molecular flexibility index (Phi) is 3.12. The van der Waals surface area contributed by atoms with Crippen LogP contribution in [0.4, 0.5) is 0 Å². The molecule has 6 heteroatoms. The molecular weight excluding hydrogens is 224 g/mol. The third kappa shape index (κ3) is 2.17. The van der Waals surface area contributed by atoms with Crippen molar-refractivity contribution >= 4 is 24.9 Å². The number of hydrazine groups is 2. The van der Waals surface area contributed by atoms with Crippen LogP contribution >= 0.6 is 12.6 Å². The molecule has 1 aliphatic rings. The minimum Gasteiger partial charge on any atom is -0.267 e. The topological polar surface area (TPSA) is 47.9 Å². The van der Waals surface area contributed by atoms with Crippen molar-refractivity contribution in [1.82, 2.24) is 15.6 Å². The molecule has 1 atom stereocenters. The van der Waals surface area contributed by atoms with Gasteiger partial charge >= 0.3 is 0 Å². The highest BCUT2D eigenvalue weighted by molar-refractivity contribution is 7.80. The van der Waals surface area contributed by atoms with E-state index in [1.54, 1.807) is 24.2 Å². The molecule has 0 bridgehead atoms. The number of carbonyl (C=O) groups is 1. The van der Waals surface area contributed by atoms with Crippen LogP contribution in [0.1, 0.15) is 10.4 Å². The Hall–Kier alpha value is -1.53. The van der Waals surface area contributed by atoms with Gasteiger partial charge in [0.25, 0.3) is 5.91 Å². The van der Waals surface area contributed by atoms with Gasteiger partial charge in [0.1, 0.15) is 6.34 Å². The number of amides is 1. The van der Waals surface area contributed by atoms with E-state index in [-0.39, 0.29) is 11.4 Å². The molecule has 0 fully saturated rings. The fraction of sp³-hybridized carbons (Fsp3) is 0.200. The molecule has 16 heavy (non-hydrogen) atoms. The van der Waals surface area contributed by atoms with Crippen LogP contribution in [0.3, 0.4) is 0 Å². The summed E-state index contributed by atoms with van der Waals surface area (Å²) in [5.41, 5.74) is 3.05. The summed E-state index contributed by atoms with van der Waals surface area (Å²) in [5, 5.41) is 3.21. The molecule has 0 saturated carbocycles. The van der Waals surface area contributed by atoms with Gasteiger partial charge in [-0.25, -0.2) is 15.5 Å². The maximum Gasteiger partial charge on any atom is 0.271 e. The van der Waals surface area contributed by atoms with Crippen molar-refractivity contribution in [2.75, 3.05) is 7.05 Å². The van der Waals surface area contributed by atoms with Crippen LogP contribution in [0, 0.1) is 0 Å². The molecule has 1 aliphatic heterocycles. The molecule has 0 radical (unpaired) electrons. The van der Waals surface area contributed by atoms with Crippen molar-refractivity contribution < 1.29 is 4.79 Å². The first-order valence-electron chi connectivity index (χ1n) is 4.78. The predicted octanol–water partition coefficient (Wildman–Crippen LogP) is 0.735. The van der Waals surface area contributed by atoms with Crippen molar-refractivity contribution in [3.05, 3.63) is 35.9 Å². The van der Waals surface area contributed by atoms with Gasteiger partial charge in [-0.05, 0) is 12.1 Å². The third-order valence-corrected chi connectivity index (χ3v) is 2.70. The van der Waals surface area contributed by atoms with Crippen molar-refractivity contribution in [2.24, 2.45) is 4.99 Å². The molecule has 1 heterocycles. The Morgan fingerprint density at radius 2 is 2.12 bits per heavy atom. The summed E-state index contributed by atoms with van der Waals surface area (Å²) in [5.74, 6) is -0.179. The second-order valence-corrected chi connectivity index (χ2v) is 3.80. The van der Waals surface area contributed by atoms with E-state index in [0.717, 1.165) is 0 Å². The van der Waals surface area contributed by atoms with Crippen LogP contribution < -0.4 is 5.43 Å². The Balaban J connectivity index is 2.01. The fourth-order valence-corrected chi connectivity index (χ4v) is 1.45. The number of thiol groups is 1. The molecule has 1 amide bonds. The highest BCUT2D eigenvalue weighted by Crippen LogP contribution is 2.10. The van der Waals surface area contributed by atoms with Gasteiger partial charge in [0, 0.05) is 12.6 Å². The molecule has 2 rings (SSSR count). The van der Waals surface area contributed by atoms with Gasteiger partial charge in [-0.2, -0.15) is 5.01 Å². The van der Waals surface area contributed by atoms with E-state index in [0.29, 0.717) is 5.56 Å². The molecule has 1 unspecified atom stereocenters. The van der Waals surface area contributed by atoms with E-state index in [1.807, 2.05) is 18.2 Å². The van der Waals surface area contributed by atoms with Gasteiger partial charge in [-0.15, -0.1) is 12.6 Å². The molecule has 0 saturated heterocycles. The first kappa shape index (κ1) is 11.0. The Bertz CT molecular complexity index is 409. The lowest BCUT2D eigenvalue weighted by atomic mass is 10.2. The van der Waals surface area contributed by atoms with Gasteiger partial charge in [0.15, 0.2) is 5.50 Å². The zero-order valence-corrected chi connectivity index (χ0v) is 9.63. The van der Waals surface area contributed by atoms with Gasteiger partial charge in [0.2, 0.25) is 0 Å². The summed E-state index contributed by atoms with van der Waals surface area (Å²) in [7, 11) is 1.79. The van der Waals surface area contributed by atoms with E-state index in [4.69, 9.17) is 0 Å². The quantitative estimate of drug-likeness (QED) is 0.744. The highest BCUT2D eigenvalue weighted by Gasteiger charge is 2.22. The third-order valence-electron chi connectivity index (χ3n) is 2.24.